The Balaban J connectivity index is 2.49. The summed E-state index contributed by atoms with van der Waals surface area (Å²) in [7, 11) is 2.15. The fourth-order valence-corrected chi connectivity index (χ4v) is 2.01. The maximum absolute atomic E-state index is 5.99. The highest BCUT2D eigenvalue weighted by Crippen LogP contribution is 2.20. The summed E-state index contributed by atoms with van der Waals surface area (Å²) < 4.78 is 0. The van der Waals surface area contributed by atoms with Crippen LogP contribution in [0.2, 0.25) is 0 Å². The van der Waals surface area contributed by atoms with Gasteiger partial charge in [-0.2, -0.15) is 0 Å². The zero-order valence-corrected chi connectivity index (χ0v) is 12.5. The summed E-state index contributed by atoms with van der Waals surface area (Å²) >= 11 is 0. The molecule has 0 saturated heterocycles. The van der Waals surface area contributed by atoms with Gasteiger partial charge in [-0.05, 0) is 50.3 Å². The Morgan fingerprint density at radius 1 is 1.17 bits per heavy atom. The molecule has 0 bridgehead atoms. The molecular formula is C16H28N2. The molecule has 0 aliphatic rings. The third kappa shape index (κ3) is 5.09. The molecule has 1 aromatic carbocycles. The Morgan fingerprint density at radius 3 is 2.17 bits per heavy atom. The lowest BCUT2D eigenvalue weighted by Gasteiger charge is -2.23. The summed E-state index contributed by atoms with van der Waals surface area (Å²) in [6, 6.07) is 8.87. The zero-order chi connectivity index (χ0) is 13.8. The summed E-state index contributed by atoms with van der Waals surface area (Å²) in [5.74, 6) is 0.599. The Morgan fingerprint density at radius 2 is 1.72 bits per heavy atom. The Kier molecular flexibility index (Phi) is 5.21. The standard InChI is InChI=1S/C16H28N2/c1-13(2)14-7-9-15(10-8-14)18(5)12-6-11-16(3,4)17/h7-10,13H,6,11-12,17H2,1-5H3. The molecule has 0 amide bonds. The van der Waals surface area contributed by atoms with Crippen molar-refractivity contribution in [2.75, 3.05) is 18.5 Å². The van der Waals surface area contributed by atoms with Crippen molar-refractivity contribution in [3.63, 3.8) is 0 Å². The lowest BCUT2D eigenvalue weighted by Crippen LogP contribution is -2.33. The first-order chi connectivity index (χ1) is 8.29. The summed E-state index contributed by atoms with van der Waals surface area (Å²) in [5.41, 5.74) is 8.63. The molecule has 18 heavy (non-hydrogen) atoms. The van der Waals surface area contributed by atoms with E-state index in [4.69, 9.17) is 5.73 Å². The highest BCUT2D eigenvalue weighted by molar-refractivity contribution is 5.47. The fraction of sp³-hybridized carbons (Fsp3) is 0.625. The van der Waals surface area contributed by atoms with Crippen LogP contribution in [0.25, 0.3) is 0 Å². The highest BCUT2D eigenvalue weighted by atomic mass is 15.1. The first-order valence-electron chi connectivity index (χ1n) is 6.89. The molecule has 0 spiro atoms. The molecule has 0 atom stereocenters. The van der Waals surface area contributed by atoms with Gasteiger partial charge in [0.15, 0.2) is 0 Å². The van der Waals surface area contributed by atoms with E-state index in [0.717, 1.165) is 19.4 Å². The molecule has 1 aromatic rings. The molecule has 0 heterocycles. The minimum atomic E-state index is -0.0532. The summed E-state index contributed by atoms with van der Waals surface area (Å²) in [5, 5.41) is 0. The molecule has 2 nitrogen and oxygen atoms in total. The molecule has 1 rings (SSSR count). The van der Waals surface area contributed by atoms with Crippen molar-refractivity contribution in [1.82, 2.24) is 0 Å². The number of nitrogens with two attached hydrogens (primary N) is 1. The van der Waals surface area contributed by atoms with Crippen LogP contribution in [-0.4, -0.2) is 19.1 Å². The van der Waals surface area contributed by atoms with E-state index in [1.807, 2.05) is 0 Å². The monoisotopic (exact) mass is 248 g/mol. The number of benzene rings is 1. The van der Waals surface area contributed by atoms with Gasteiger partial charge in [0.1, 0.15) is 0 Å². The van der Waals surface area contributed by atoms with E-state index in [1.165, 1.54) is 11.3 Å². The van der Waals surface area contributed by atoms with Crippen molar-refractivity contribution in [3.8, 4) is 0 Å². The molecule has 0 aliphatic heterocycles. The molecule has 0 unspecified atom stereocenters. The van der Waals surface area contributed by atoms with Crippen LogP contribution < -0.4 is 10.6 Å². The van der Waals surface area contributed by atoms with Crippen molar-refractivity contribution in [2.24, 2.45) is 5.73 Å². The first-order valence-corrected chi connectivity index (χ1v) is 6.89. The third-order valence-electron chi connectivity index (χ3n) is 3.32. The van der Waals surface area contributed by atoms with E-state index in [-0.39, 0.29) is 5.54 Å². The van der Waals surface area contributed by atoms with E-state index in [1.54, 1.807) is 0 Å². The largest absolute Gasteiger partial charge is 0.375 e. The Labute approximate surface area is 112 Å². The minimum absolute atomic E-state index is 0.0532. The topological polar surface area (TPSA) is 29.3 Å². The van der Waals surface area contributed by atoms with E-state index < -0.39 is 0 Å². The van der Waals surface area contributed by atoms with Crippen LogP contribution in [0.1, 0.15) is 52.0 Å². The molecule has 0 fully saturated rings. The normalized spacial score (nSPS) is 11.9. The first kappa shape index (κ1) is 15.0. The number of hydrogen-bond acceptors (Lipinski definition) is 2. The molecular weight excluding hydrogens is 220 g/mol. The average Bonchev–Trinajstić information content (AvgIpc) is 2.27. The van der Waals surface area contributed by atoms with Crippen molar-refractivity contribution in [3.05, 3.63) is 29.8 Å². The van der Waals surface area contributed by atoms with Gasteiger partial charge < -0.3 is 10.6 Å². The van der Waals surface area contributed by atoms with Crippen molar-refractivity contribution < 1.29 is 0 Å². The van der Waals surface area contributed by atoms with E-state index in [9.17, 15) is 0 Å². The number of nitrogens with zero attached hydrogens (tertiary/aromatic N) is 1. The predicted molar refractivity (Wildman–Crippen MR) is 81.3 cm³/mol. The average molecular weight is 248 g/mol. The second-order valence-corrected chi connectivity index (χ2v) is 6.26. The van der Waals surface area contributed by atoms with Crippen LogP contribution in [0.3, 0.4) is 0 Å². The molecule has 2 heteroatoms. The Bertz CT molecular complexity index is 346. The smallest absolute Gasteiger partial charge is 0.0363 e. The number of anilines is 1. The van der Waals surface area contributed by atoms with Gasteiger partial charge in [0, 0.05) is 24.8 Å². The van der Waals surface area contributed by atoms with Crippen molar-refractivity contribution in [2.45, 2.75) is 52.0 Å². The maximum Gasteiger partial charge on any atom is 0.0363 e. The van der Waals surface area contributed by atoms with E-state index >= 15 is 0 Å². The van der Waals surface area contributed by atoms with Crippen LogP contribution in [0.5, 0.6) is 0 Å². The maximum atomic E-state index is 5.99. The van der Waals surface area contributed by atoms with Gasteiger partial charge in [-0.15, -0.1) is 0 Å². The second-order valence-electron chi connectivity index (χ2n) is 6.26. The quantitative estimate of drug-likeness (QED) is 0.830. The van der Waals surface area contributed by atoms with Crippen LogP contribution >= 0.6 is 0 Å². The van der Waals surface area contributed by atoms with Crippen LogP contribution in [0.4, 0.5) is 5.69 Å². The Hall–Kier alpha value is -1.02. The van der Waals surface area contributed by atoms with Crippen LogP contribution in [-0.2, 0) is 0 Å². The molecule has 0 saturated carbocycles. The van der Waals surface area contributed by atoms with Crippen molar-refractivity contribution >= 4 is 5.69 Å². The zero-order valence-electron chi connectivity index (χ0n) is 12.5. The van der Waals surface area contributed by atoms with E-state index in [2.05, 4.69) is 63.9 Å². The van der Waals surface area contributed by atoms with E-state index in [0.29, 0.717) is 5.92 Å². The fourth-order valence-electron chi connectivity index (χ4n) is 2.01. The SMILES string of the molecule is CC(C)c1ccc(N(C)CCCC(C)(C)N)cc1. The molecule has 2 N–H and O–H groups in total. The predicted octanol–water partition coefficient (Wildman–Crippen LogP) is 3.76. The van der Waals surface area contributed by atoms with Crippen LogP contribution in [0, 0.1) is 0 Å². The van der Waals surface area contributed by atoms with Gasteiger partial charge in [0.25, 0.3) is 0 Å². The lowest BCUT2D eigenvalue weighted by atomic mass is 10.00. The summed E-state index contributed by atoms with van der Waals surface area (Å²) in [6.07, 6.45) is 2.19. The third-order valence-corrected chi connectivity index (χ3v) is 3.32. The van der Waals surface area contributed by atoms with Crippen LogP contribution in [0.15, 0.2) is 24.3 Å². The van der Waals surface area contributed by atoms with Crippen molar-refractivity contribution in [1.29, 1.82) is 0 Å². The summed E-state index contributed by atoms with van der Waals surface area (Å²) in [4.78, 5) is 2.30. The lowest BCUT2D eigenvalue weighted by molar-refractivity contribution is 0.460. The number of hydrogen-bond donors (Lipinski definition) is 1. The molecule has 0 radical (unpaired) electrons. The molecule has 0 aliphatic carbocycles. The second kappa shape index (κ2) is 6.24. The van der Waals surface area contributed by atoms with Gasteiger partial charge in [0.2, 0.25) is 0 Å². The van der Waals surface area contributed by atoms with Gasteiger partial charge in [-0.25, -0.2) is 0 Å². The van der Waals surface area contributed by atoms with Gasteiger partial charge in [-0.1, -0.05) is 26.0 Å². The van der Waals surface area contributed by atoms with Gasteiger partial charge in [-0.3, -0.25) is 0 Å². The summed E-state index contributed by atoms with van der Waals surface area (Å²) in [6.45, 7) is 9.68. The number of rotatable bonds is 6. The highest BCUT2D eigenvalue weighted by Gasteiger charge is 2.10. The molecule has 0 aromatic heterocycles. The van der Waals surface area contributed by atoms with Gasteiger partial charge >= 0.3 is 0 Å². The minimum Gasteiger partial charge on any atom is -0.375 e. The van der Waals surface area contributed by atoms with Gasteiger partial charge in [0.05, 0.1) is 0 Å². The molecule has 102 valence electrons.